The Balaban J connectivity index is 2.45. The fraction of sp³-hybridized carbons (Fsp3) is 0.846. The summed E-state index contributed by atoms with van der Waals surface area (Å²) in [5.74, 6) is 0.119. The molecule has 0 aromatic carbocycles. The molecule has 0 aromatic heterocycles. The number of carbonyl (C=O) groups excluding carboxylic acids is 2. The molecule has 0 radical (unpaired) electrons. The highest BCUT2D eigenvalue weighted by atomic mass is 16.2. The molecule has 0 saturated carbocycles. The first-order chi connectivity index (χ1) is 8.63. The average molecular weight is 255 g/mol. The Labute approximate surface area is 110 Å². The van der Waals surface area contributed by atoms with E-state index >= 15 is 0 Å². The summed E-state index contributed by atoms with van der Waals surface area (Å²) in [7, 11) is 0. The molecule has 1 aliphatic heterocycles. The van der Waals surface area contributed by atoms with Crippen LogP contribution >= 0.6 is 0 Å². The van der Waals surface area contributed by atoms with Gasteiger partial charge in [-0.15, -0.1) is 0 Å². The summed E-state index contributed by atoms with van der Waals surface area (Å²) in [6, 6.07) is -0.0885. The minimum atomic E-state index is -0.0885. The number of rotatable bonds is 7. The van der Waals surface area contributed by atoms with Crippen molar-refractivity contribution in [3.63, 3.8) is 0 Å². The van der Waals surface area contributed by atoms with Crippen LogP contribution in [0.2, 0.25) is 0 Å². The zero-order valence-electron chi connectivity index (χ0n) is 11.7. The molecular weight excluding hydrogens is 230 g/mol. The van der Waals surface area contributed by atoms with E-state index < -0.39 is 0 Å². The molecule has 1 atom stereocenters. The van der Waals surface area contributed by atoms with E-state index in [1.165, 1.54) is 0 Å². The van der Waals surface area contributed by atoms with Gasteiger partial charge in [-0.2, -0.15) is 0 Å². The molecule has 1 aliphatic rings. The van der Waals surface area contributed by atoms with Crippen molar-refractivity contribution in [1.29, 1.82) is 0 Å². The van der Waals surface area contributed by atoms with Crippen LogP contribution in [0.3, 0.4) is 0 Å². The Morgan fingerprint density at radius 3 is 2.61 bits per heavy atom. The van der Waals surface area contributed by atoms with Crippen molar-refractivity contribution in [3.05, 3.63) is 0 Å². The van der Waals surface area contributed by atoms with Crippen LogP contribution in [0.25, 0.3) is 0 Å². The first kappa shape index (κ1) is 15.0. The first-order valence-corrected chi connectivity index (χ1v) is 6.93. The highest BCUT2D eigenvalue weighted by Crippen LogP contribution is 2.11. The van der Waals surface area contributed by atoms with Gasteiger partial charge in [-0.25, -0.2) is 0 Å². The van der Waals surface area contributed by atoms with Crippen LogP contribution in [0.15, 0.2) is 0 Å². The van der Waals surface area contributed by atoms with Crippen molar-refractivity contribution < 1.29 is 9.59 Å². The highest BCUT2D eigenvalue weighted by molar-refractivity contribution is 5.89. The van der Waals surface area contributed by atoms with Crippen LogP contribution in [-0.2, 0) is 9.59 Å². The molecule has 1 N–H and O–H groups in total. The number of nitrogens with one attached hydrogen (secondary N) is 1. The predicted octanol–water partition coefficient (Wildman–Crippen LogP) is 0.455. The summed E-state index contributed by atoms with van der Waals surface area (Å²) in [5.41, 5.74) is 0. The molecule has 0 bridgehead atoms. The van der Waals surface area contributed by atoms with Crippen molar-refractivity contribution in [2.45, 2.75) is 39.7 Å². The second kappa shape index (κ2) is 7.36. The molecule has 2 amide bonds. The topological polar surface area (TPSA) is 52.7 Å². The van der Waals surface area contributed by atoms with Gasteiger partial charge in [0, 0.05) is 19.6 Å². The van der Waals surface area contributed by atoms with Crippen molar-refractivity contribution >= 4 is 11.8 Å². The number of amides is 2. The second-order valence-corrected chi connectivity index (χ2v) is 4.62. The summed E-state index contributed by atoms with van der Waals surface area (Å²) in [6.07, 6.45) is 1.83. The summed E-state index contributed by atoms with van der Waals surface area (Å²) in [5, 5.41) is 3.23. The first-order valence-electron chi connectivity index (χ1n) is 6.93. The van der Waals surface area contributed by atoms with E-state index in [0.717, 1.165) is 19.4 Å². The lowest BCUT2D eigenvalue weighted by Crippen LogP contribution is -2.44. The summed E-state index contributed by atoms with van der Waals surface area (Å²) in [4.78, 5) is 27.4. The zero-order chi connectivity index (χ0) is 13.5. The van der Waals surface area contributed by atoms with E-state index in [1.54, 1.807) is 9.80 Å². The number of carbonyl (C=O) groups is 2. The van der Waals surface area contributed by atoms with E-state index in [4.69, 9.17) is 0 Å². The van der Waals surface area contributed by atoms with Crippen molar-refractivity contribution in [3.8, 4) is 0 Å². The van der Waals surface area contributed by atoms with E-state index in [9.17, 15) is 9.59 Å². The molecule has 5 heteroatoms. The molecule has 1 saturated heterocycles. The fourth-order valence-electron chi connectivity index (χ4n) is 2.24. The number of likely N-dealkylation sites (N-methyl/N-ethyl adjacent to an activating group) is 1. The Morgan fingerprint density at radius 2 is 2.06 bits per heavy atom. The van der Waals surface area contributed by atoms with Gasteiger partial charge in [0.1, 0.15) is 0 Å². The highest BCUT2D eigenvalue weighted by Gasteiger charge is 2.32. The average Bonchev–Trinajstić information content (AvgIpc) is 2.70. The maximum atomic E-state index is 12.0. The molecule has 1 rings (SSSR count). The van der Waals surface area contributed by atoms with Crippen molar-refractivity contribution in [2.24, 2.45) is 0 Å². The molecule has 1 fully saturated rings. The van der Waals surface area contributed by atoms with Crippen LogP contribution in [0, 0.1) is 0 Å². The lowest BCUT2D eigenvalue weighted by molar-refractivity contribution is -0.138. The lowest BCUT2D eigenvalue weighted by atomic mass is 10.2. The van der Waals surface area contributed by atoms with Crippen LogP contribution < -0.4 is 5.32 Å². The quantitative estimate of drug-likeness (QED) is 0.719. The molecule has 104 valence electrons. The maximum absolute atomic E-state index is 12.0. The molecular formula is C13H25N3O2. The van der Waals surface area contributed by atoms with Gasteiger partial charge in [0.2, 0.25) is 11.8 Å². The Bertz CT molecular complexity index is 290. The Hall–Kier alpha value is -1.10. The van der Waals surface area contributed by atoms with Gasteiger partial charge < -0.3 is 15.1 Å². The van der Waals surface area contributed by atoms with Crippen LogP contribution in [0.5, 0.6) is 0 Å². The molecule has 0 spiro atoms. The molecule has 5 nitrogen and oxygen atoms in total. The predicted molar refractivity (Wildman–Crippen MR) is 71.2 cm³/mol. The lowest BCUT2D eigenvalue weighted by Gasteiger charge is -2.23. The number of nitrogens with zero attached hydrogens (tertiary/aromatic N) is 2. The molecule has 0 aromatic rings. The SMILES string of the molecule is CCCNC1CCN(CC(=O)N(CC)CC)C1=O. The fourth-order valence-corrected chi connectivity index (χ4v) is 2.24. The molecule has 1 unspecified atom stereocenters. The summed E-state index contributed by atoms with van der Waals surface area (Å²) >= 11 is 0. The molecule has 0 aliphatic carbocycles. The third-order valence-corrected chi connectivity index (χ3v) is 3.38. The standard InChI is InChI=1S/C13H25N3O2/c1-4-8-14-11-7-9-16(13(11)18)10-12(17)15(5-2)6-3/h11,14H,4-10H2,1-3H3. The summed E-state index contributed by atoms with van der Waals surface area (Å²) < 4.78 is 0. The van der Waals surface area contributed by atoms with E-state index in [1.807, 2.05) is 13.8 Å². The van der Waals surface area contributed by atoms with Gasteiger partial charge in [0.05, 0.1) is 12.6 Å². The van der Waals surface area contributed by atoms with Crippen LogP contribution in [0.1, 0.15) is 33.6 Å². The van der Waals surface area contributed by atoms with Crippen molar-refractivity contribution in [2.75, 3.05) is 32.7 Å². The largest absolute Gasteiger partial charge is 0.342 e. The maximum Gasteiger partial charge on any atom is 0.242 e. The number of likely N-dealkylation sites (tertiary alicyclic amines) is 1. The number of hydrogen-bond acceptors (Lipinski definition) is 3. The van der Waals surface area contributed by atoms with Gasteiger partial charge >= 0.3 is 0 Å². The Morgan fingerprint density at radius 1 is 1.39 bits per heavy atom. The number of hydrogen-bond donors (Lipinski definition) is 1. The second-order valence-electron chi connectivity index (χ2n) is 4.62. The molecule has 18 heavy (non-hydrogen) atoms. The van der Waals surface area contributed by atoms with E-state index in [0.29, 0.717) is 19.6 Å². The Kier molecular flexibility index (Phi) is 6.12. The minimum absolute atomic E-state index is 0.0458. The normalized spacial score (nSPS) is 19.4. The monoisotopic (exact) mass is 255 g/mol. The third kappa shape index (κ3) is 3.70. The summed E-state index contributed by atoms with van der Waals surface area (Å²) in [6.45, 7) is 9.17. The van der Waals surface area contributed by atoms with Gasteiger partial charge in [-0.05, 0) is 33.2 Å². The third-order valence-electron chi connectivity index (χ3n) is 3.38. The van der Waals surface area contributed by atoms with Gasteiger partial charge in [-0.3, -0.25) is 9.59 Å². The minimum Gasteiger partial charge on any atom is -0.342 e. The van der Waals surface area contributed by atoms with Gasteiger partial charge in [0.25, 0.3) is 0 Å². The van der Waals surface area contributed by atoms with E-state index in [2.05, 4.69) is 12.2 Å². The van der Waals surface area contributed by atoms with Gasteiger partial charge in [-0.1, -0.05) is 6.92 Å². The smallest absolute Gasteiger partial charge is 0.242 e. The van der Waals surface area contributed by atoms with Crippen LogP contribution in [-0.4, -0.2) is 60.4 Å². The van der Waals surface area contributed by atoms with Crippen LogP contribution in [0.4, 0.5) is 0 Å². The van der Waals surface area contributed by atoms with Crippen molar-refractivity contribution in [1.82, 2.24) is 15.1 Å². The van der Waals surface area contributed by atoms with Gasteiger partial charge in [0.15, 0.2) is 0 Å². The van der Waals surface area contributed by atoms with E-state index in [-0.39, 0.29) is 24.4 Å². The zero-order valence-corrected chi connectivity index (χ0v) is 11.7. The molecule has 1 heterocycles.